The predicted molar refractivity (Wildman–Crippen MR) is 90.4 cm³/mol. The molecule has 2 atom stereocenters. The smallest absolute Gasteiger partial charge is 0.253 e. The zero-order chi connectivity index (χ0) is 16.2. The lowest BCUT2D eigenvalue weighted by Crippen LogP contribution is -2.48. The molecular formula is C18H23ClN2O2. The van der Waals surface area contributed by atoms with Crippen molar-refractivity contribution in [3.8, 4) is 0 Å². The van der Waals surface area contributed by atoms with Gasteiger partial charge < -0.3 is 10.2 Å². The zero-order valence-electron chi connectivity index (χ0n) is 13.3. The molecule has 1 saturated carbocycles. The normalized spacial score (nSPS) is 24.0. The largest absolute Gasteiger partial charge is 0.343 e. The van der Waals surface area contributed by atoms with Gasteiger partial charge in [0.2, 0.25) is 5.91 Å². The number of nitrogens with zero attached hydrogens (tertiary/aromatic N) is 1. The minimum Gasteiger partial charge on any atom is -0.343 e. The molecule has 2 aliphatic rings. The molecule has 1 aliphatic carbocycles. The van der Waals surface area contributed by atoms with Crippen molar-refractivity contribution in [3.63, 3.8) is 0 Å². The van der Waals surface area contributed by atoms with E-state index in [1.807, 2.05) is 4.90 Å². The number of halogens is 1. The Bertz CT molecular complexity index is 590. The highest BCUT2D eigenvalue weighted by atomic mass is 35.5. The second kappa shape index (κ2) is 7.35. The summed E-state index contributed by atoms with van der Waals surface area (Å²) in [7, 11) is 0. The van der Waals surface area contributed by atoms with E-state index in [0.717, 1.165) is 25.4 Å². The van der Waals surface area contributed by atoms with Crippen LogP contribution in [0.15, 0.2) is 24.3 Å². The topological polar surface area (TPSA) is 49.4 Å². The van der Waals surface area contributed by atoms with Crippen molar-refractivity contribution in [1.82, 2.24) is 10.2 Å². The molecule has 1 N–H and O–H groups in total. The second-order valence-electron chi connectivity index (χ2n) is 6.60. The van der Waals surface area contributed by atoms with Gasteiger partial charge in [-0.25, -0.2) is 0 Å². The fraction of sp³-hybridized carbons (Fsp3) is 0.556. The van der Waals surface area contributed by atoms with Crippen LogP contribution in [0.1, 0.15) is 42.5 Å². The van der Waals surface area contributed by atoms with Crippen molar-refractivity contribution < 1.29 is 9.59 Å². The molecule has 1 saturated heterocycles. The summed E-state index contributed by atoms with van der Waals surface area (Å²) in [5.74, 6) is 1.16. The molecule has 23 heavy (non-hydrogen) atoms. The van der Waals surface area contributed by atoms with Gasteiger partial charge in [-0.3, -0.25) is 9.59 Å². The van der Waals surface area contributed by atoms with E-state index in [1.165, 1.54) is 25.7 Å². The lowest BCUT2D eigenvalue weighted by atomic mass is 9.75. The number of carbonyl (C=O) groups is 2. The number of likely N-dealkylation sites (tertiary alicyclic amines) is 1. The third kappa shape index (κ3) is 3.86. The molecule has 4 nitrogen and oxygen atoms in total. The number of hydrogen-bond donors (Lipinski definition) is 1. The van der Waals surface area contributed by atoms with Crippen LogP contribution in [0.3, 0.4) is 0 Å². The highest BCUT2D eigenvalue weighted by Gasteiger charge is 2.32. The van der Waals surface area contributed by atoms with Crippen LogP contribution in [-0.2, 0) is 4.79 Å². The second-order valence-corrected chi connectivity index (χ2v) is 7.00. The van der Waals surface area contributed by atoms with Gasteiger partial charge in [-0.15, -0.1) is 0 Å². The first-order chi connectivity index (χ1) is 11.1. The SMILES string of the molecule is O=C(NCC(=O)N1CC[C@@H]2CCCC[C@@H]2C1)c1ccccc1Cl. The fourth-order valence-electron chi connectivity index (χ4n) is 3.84. The van der Waals surface area contributed by atoms with Gasteiger partial charge in [-0.2, -0.15) is 0 Å². The minimum atomic E-state index is -0.295. The Morgan fingerprint density at radius 3 is 2.65 bits per heavy atom. The number of nitrogens with one attached hydrogen (secondary N) is 1. The van der Waals surface area contributed by atoms with Gasteiger partial charge >= 0.3 is 0 Å². The summed E-state index contributed by atoms with van der Waals surface area (Å²) >= 11 is 6.00. The number of benzene rings is 1. The Hall–Kier alpha value is -1.55. The molecule has 0 bridgehead atoms. The zero-order valence-corrected chi connectivity index (χ0v) is 14.0. The third-order valence-electron chi connectivity index (χ3n) is 5.16. The van der Waals surface area contributed by atoms with Crippen molar-refractivity contribution in [2.75, 3.05) is 19.6 Å². The average molecular weight is 335 g/mol. The van der Waals surface area contributed by atoms with E-state index < -0.39 is 0 Å². The molecule has 1 aliphatic heterocycles. The molecule has 2 fully saturated rings. The van der Waals surface area contributed by atoms with E-state index in [0.29, 0.717) is 16.5 Å². The van der Waals surface area contributed by atoms with Crippen LogP contribution in [0.4, 0.5) is 0 Å². The van der Waals surface area contributed by atoms with Gasteiger partial charge in [0.25, 0.3) is 5.91 Å². The molecule has 5 heteroatoms. The maximum atomic E-state index is 12.4. The van der Waals surface area contributed by atoms with Crippen LogP contribution in [0.5, 0.6) is 0 Å². The Morgan fingerprint density at radius 1 is 1.13 bits per heavy atom. The van der Waals surface area contributed by atoms with E-state index in [4.69, 9.17) is 11.6 Å². The van der Waals surface area contributed by atoms with Crippen molar-refractivity contribution in [2.24, 2.45) is 11.8 Å². The van der Waals surface area contributed by atoms with Crippen molar-refractivity contribution in [2.45, 2.75) is 32.1 Å². The summed E-state index contributed by atoms with van der Waals surface area (Å²) < 4.78 is 0. The van der Waals surface area contributed by atoms with Gasteiger partial charge in [0.05, 0.1) is 17.1 Å². The van der Waals surface area contributed by atoms with Crippen LogP contribution in [-0.4, -0.2) is 36.3 Å². The standard InChI is InChI=1S/C18H23ClN2O2/c19-16-8-4-3-7-15(16)18(23)20-11-17(22)21-10-9-13-5-1-2-6-14(13)12-21/h3-4,7-8,13-14H,1-2,5-6,9-12H2,(H,20,23)/t13-,14+/m0/s1. The Labute approximate surface area is 142 Å². The number of fused-ring (bicyclic) bond motifs is 1. The first-order valence-electron chi connectivity index (χ1n) is 8.45. The molecule has 3 rings (SSSR count). The maximum absolute atomic E-state index is 12.4. The summed E-state index contributed by atoms with van der Waals surface area (Å²) in [6, 6.07) is 6.87. The van der Waals surface area contributed by atoms with Gasteiger partial charge in [-0.05, 0) is 36.8 Å². The monoisotopic (exact) mass is 334 g/mol. The van der Waals surface area contributed by atoms with Gasteiger partial charge in [-0.1, -0.05) is 43.0 Å². The average Bonchev–Trinajstić information content (AvgIpc) is 2.59. The molecule has 0 unspecified atom stereocenters. The number of rotatable bonds is 3. The lowest BCUT2D eigenvalue weighted by molar-refractivity contribution is -0.133. The molecule has 124 valence electrons. The van der Waals surface area contributed by atoms with Crippen LogP contribution >= 0.6 is 11.6 Å². The number of piperidine rings is 1. The summed E-state index contributed by atoms with van der Waals surface area (Å²) in [5.41, 5.74) is 0.410. The first kappa shape index (κ1) is 16.3. The number of hydrogen-bond acceptors (Lipinski definition) is 2. The van der Waals surface area contributed by atoms with Crippen LogP contribution in [0, 0.1) is 11.8 Å². The highest BCUT2D eigenvalue weighted by Crippen LogP contribution is 2.35. The Morgan fingerprint density at radius 2 is 1.87 bits per heavy atom. The van der Waals surface area contributed by atoms with Gasteiger partial charge in [0, 0.05) is 13.1 Å². The van der Waals surface area contributed by atoms with Gasteiger partial charge in [0.15, 0.2) is 0 Å². The molecular weight excluding hydrogens is 312 g/mol. The predicted octanol–water partition coefficient (Wildman–Crippen LogP) is 3.11. The van der Waals surface area contributed by atoms with Crippen LogP contribution in [0.2, 0.25) is 5.02 Å². The van der Waals surface area contributed by atoms with Crippen molar-refractivity contribution >= 4 is 23.4 Å². The minimum absolute atomic E-state index is 0.00873. The third-order valence-corrected chi connectivity index (χ3v) is 5.49. The molecule has 0 radical (unpaired) electrons. The van der Waals surface area contributed by atoms with E-state index in [2.05, 4.69) is 5.32 Å². The molecule has 1 heterocycles. The lowest BCUT2D eigenvalue weighted by Gasteiger charge is -2.41. The van der Waals surface area contributed by atoms with Crippen LogP contribution < -0.4 is 5.32 Å². The van der Waals surface area contributed by atoms with E-state index in [1.54, 1.807) is 24.3 Å². The van der Waals surface area contributed by atoms with E-state index in [-0.39, 0.29) is 18.4 Å². The van der Waals surface area contributed by atoms with Crippen molar-refractivity contribution in [1.29, 1.82) is 0 Å². The summed E-state index contributed by atoms with van der Waals surface area (Å²) in [5, 5.41) is 3.10. The maximum Gasteiger partial charge on any atom is 0.253 e. The summed E-state index contributed by atoms with van der Waals surface area (Å²) in [4.78, 5) is 26.4. The molecule has 2 amide bonds. The Balaban J connectivity index is 1.51. The fourth-order valence-corrected chi connectivity index (χ4v) is 4.06. The Kier molecular flexibility index (Phi) is 5.21. The number of carbonyl (C=O) groups excluding carboxylic acids is 2. The molecule has 1 aromatic rings. The van der Waals surface area contributed by atoms with Crippen molar-refractivity contribution in [3.05, 3.63) is 34.9 Å². The first-order valence-corrected chi connectivity index (χ1v) is 8.83. The van der Waals surface area contributed by atoms with E-state index in [9.17, 15) is 9.59 Å². The molecule has 1 aromatic carbocycles. The van der Waals surface area contributed by atoms with Crippen LogP contribution in [0.25, 0.3) is 0 Å². The highest BCUT2D eigenvalue weighted by molar-refractivity contribution is 6.33. The van der Waals surface area contributed by atoms with Gasteiger partial charge in [0.1, 0.15) is 0 Å². The number of amides is 2. The molecule has 0 aromatic heterocycles. The summed E-state index contributed by atoms with van der Waals surface area (Å²) in [6.45, 7) is 1.72. The molecule has 0 spiro atoms. The van der Waals surface area contributed by atoms with E-state index >= 15 is 0 Å². The summed E-state index contributed by atoms with van der Waals surface area (Å²) in [6.07, 6.45) is 6.28. The quantitative estimate of drug-likeness (QED) is 0.923.